The fourth-order valence-corrected chi connectivity index (χ4v) is 5.09. The highest BCUT2D eigenvalue weighted by Gasteiger charge is 2.21. The largest absolute Gasteiger partial charge is 0.356 e. The molecule has 0 radical (unpaired) electrons. The number of hydrogen-bond donors (Lipinski definition) is 2. The van der Waals surface area contributed by atoms with Gasteiger partial charge in [0.25, 0.3) is 5.91 Å². The second-order valence-corrected chi connectivity index (χ2v) is 10.3. The number of nitrogens with zero attached hydrogens (tertiary/aromatic N) is 2. The molecule has 2 N–H and O–H groups in total. The third-order valence-electron chi connectivity index (χ3n) is 7.37. The molecule has 0 aliphatic carbocycles. The van der Waals surface area contributed by atoms with E-state index < -0.39 is 0 Å². The summed E-state index contributed by atoms with van der Waals surface area (Å²) < 4.78 is 18.8. The van der Waals surface area contributed by atoms with E-state index in [9.17, 15) is 9.18 Å². The van der Waals surface area contributed by atoms with Gasteiger partial charge in [0.2, 0.25) is 0 Å². The van der Waals surface area contributed by atoms with E-state index in [2.05, 4.69) is 57.1 Å². The summed E-state index contributed by atoms with van der Waals surface area (Å²) in [5, 5.41) is 11.1. The Morgan fingerprint density at radius 3 is 2.32 bits per heavy atom. The average molecular weight is 604 g/mol. The highest BCUT2D eigenvalue weighted by molar-refractivity contribution is 5.94. The summed E-state index contributed by atoms with van der Waals surface area (Å²) in [5.41, 5.74) is 5.59. The van der Waals surface area contributed by atoms with Gasteiger partial charge < -0.3 is 15.2 Å². The quantitative estimate of drug-likeness (QED) is 0.234. The molecule has 1 aliphatic heterocycles. The molecule has 222 valence electrons. The maximum atomic E-state index is 13.1. The molecule has 1 aliphatic rings. The fraction of sp³-hybridized carbons (Fsp3) is 0.375. The molecule has 9 heteroatoms. The number of rotatable bonds is 8. The van der Waals surface area contributed by atoms with Crippen molar-refractivity contribution >= 4 is 41.7 Å². The Morgan fingerprint density at radius 2 is 1.66 bits per heavy atom. The Hall–Kier alpha value is -2.97. The van der Waals surface area contributed by atoms with Gasteiger partial charge in [-0.3, -0.25) is 9.69 Å². The number of hydrogen-bond acceptors (Lipinski definition) is 5. The maximum absolute atomic E-state index is 13.1. The molecular formula is C32H41Cl2FN4O2. The van der Waals surface area contributed by atoms with Crippen LogP contribution in [-0.2, 0) is 19.5 Å². The van der Waals surface area contributed by atoms with Crippen molar-refractivity contribution in [2.75, 3.05) is 27.2 Å². The molecule has 0 spiro atoms. The Balaban J connectivity index is 0.00000113. The van der Waals surface area contributed by atoms with E-state index in [0.717, 1.165) is 60.3 Å². The normalized spacial score (nSPS) is 13.5. The van der Waals surface area contributed by atoms with E-state index in [4.69, 9.17) is 4.52 Å². The number of aromatic nitrogens is 1. The molecule has 2 heterocycles. The highest BCUT2D eigenvalue weighted by atomic mass is 35.5. The summed E-state index contributed by atoms with van der Waals surface area (Å²) >= 11 is 0. The van der Waals surface area contributed by atoms with Crippen LogP contribution in [0.15, 0.2) is 71.3 Å². The van der Waals surface area contributed by atoms with Crippen molar-refractivity contribution in [1.29, 1.82) is 0 Å². The molecule has 4 aromatic rings. The SMILES string of the molecule is CNC.Cc1c(CNC(=O)c2ccc(F)cc2)ccc2c(CCC3CCN(Cc4ccccc4)CC3)noc12.Cl.Cl. The zero-order valence-corrected chi connectivity index (χ0v) is 25.6. The highest BCUT2D eigenvalue weighted by Crippen LogP contribution is 2.28. The van der Waals surface area contributed by atoms with Crippen molar-refractivity contribution < 1.29 is 13.7 Å². The van der Waals surface area contributed by atoms with Gasteiger partial charge in [-0.15, -0.1) is 24.8 Å². The number of carbonyl (C=O) groups is 1. The first-order valence-corrected chi connectivity index (χ1v) is 13.7. The van der Waals surface area contributed by atoms with Gasteiger partial charge in [0, 0.05) is 29.6 Å². The van der Waals surface area contributed by atoms with Gasteiger partial charge in [-0.05, 0) is 107 Å². The first kappa shape index (κ1) is 34.2. The van der Waals surface area contributed by atoms with Crippen molar-refractivity contribution in [1.82, 2.24) is 20.7 Å². The van der Waals surface area contributed by atoms with Gasteiger partial charge in [0.1, 0.15) is 5.82 Å². The van der Waals surface area contributed by atoms with Crippen LogP contribution in [0.5, 0.6) is 0 Å². The minimum atomic E-state index is -0.359. The van der Waals surface area contributed by atoms with Crippen molar-refractivity contribution in [3.05, 3.63) is 100 Å². The lowest BCUT2D eigenvalue weighted by atomic mass is 9.90. The lowest BCUT2D eigenvalue weighted by Crippen LogP contribution is -2.33. The second kappa shape index (κ2) is 17.1. The predicted octanol–water partition coefficient (Wildman–Crippen LogP) is 6.73. The number of fused-ring (bicyclic) bond motifs is 1. The van der Waals surface area contributed by atoms with Crippen LogP contribution in [0.1, 0.15) is 52.0 Å². The molecular weight excluding hydrogens is 562 g/mol. The van der Waals surface area contributed by atoms with E-state index in [1.807, 2.05) is 27.1 Å². The van der Waals surface area contributed by atoms with Gasteiger partial charge in [0.05, 0.1) is 5.69 Å². The Bertz CT molecular complexity index is 1340. The minimum Gasteiger partial charge on any atom is -0.356 e. The number of carbonyl (C=O) groups excluding carboxylic acids is 1. The first-order valence-electron chi connectivity index (χ1n) is 13.7. The topological polar surface area (TPSA) is 70.4 Å². The number of amides is 1. The molecule has 0 saturated carbocycles. The lowest BCUT2D eigenvalue weighted by molar-refractivity contribution is 0.0951. The molecule has 1 saturated heterocycles. The van der Waals surface area contributed by atoms with Crippen LogP contribution in [0.4, 0.5) is 4.39 Å². The number of halogens is 3. The zero-order valence-electron chi connectivity index (χ0n) is 24.0. The Labute approximate surface area is 254 Å². The van der Waals surface area contributed by atoms with Gasteiger partial charge in [-0.2, -0.15) is 0 Å². The second-order valence-electron chi connectivity index (χ2n) is 10.3. The maximum Gasteiger partial charge on any atom is 0.251 e. The van der Waals surface area contributed by atoms with E-state index in [0.29, 0.717) is 18.0 Å². The zero-order chi connectivity index (χ0) is 27.6. The van der Waals surface area contributed by atoms with Gasteiger partial charge >= 0.3 is 0 Å². The molecule has 1 aromatic heterocycles. The summed E-state index contributed by atoms with van der Waals surface area (Å²) in [7, 11) is 3.75. The molecule has 0 unspecified atom stereocenters. The Morgan fingerprint density at radius 1 is 1.00 bits per heavy atom. The molecule has 41 heavy (non-hydrogen) atoms. The summed E-state index contributed by atoms with van der Waals surface area (Å²) in [6.07, 6.45) is 4.48. The average Bonchev–Trinajstić information content (AvgIpc) is 3.37. The summed E-state index contributed by atoms with van der Waals surface area (Å²) in [6, 6.07) is 20.3. The van der Waals surface area contributed by atoms with Crippen molar-refractivity contribution in [2.45, 2.75) is 45.7 Å². The third kappa shape index (κ3) is 9.54. The van der Waals surface area contributed by atoms with Gasteiger partial charge in [0.15, 0.2) is 5.58 Å². The molecule has 5 rings (SSSR count). The fourth-order valence-electron chi connectivity index (χ4n) is 5.09. The number of likely N-dealkylation sites (tertiary alicyclic amines) is 1. The van der Waals surface area contributed by atoms with Gasteiger partial charge in [-0.25, -0.2) is 4.39 Å². The number of benzene rings is 3. The van der Waals surface area contributed by atoms with Crippen molar-refractivity contribution in [2.24, 2.45) is 5.92 Å². The van der Waals surface area contributed by atoms with Crippen LogP contribution in [0.2, 0.25) is 0 Å². The van der Waals surface area contributed by atoms with Crippen LogP contribution in [0, 0.1) is 18.7 Å². The van der Waals surface area contributed by atoms with E-state index >= 15 is 0 Å². The molecule has 1 amide bonds. The molecule has 3 aromatic carbocycles. The summed E-state index contributed by atoms with van der Waals surface area (Å²) in [5.74, 6) is 0.121. The monoisotopic (exact) mass is 602 g/mol. The molecule has 0 atom stereocenters. The van der Waals surface area contributed by atoms with E-state index in [-0.39, 0.29) is 36.5 Å². The van der Waals surface area contributed by atoms with Gasteiger partial charge in [-0.1, -0.05) is 41.6 Å². The van der Waals surface area contributed by atoms with Crippen molar-refractivity contribution in [3.63, 3.8) is 0 Å². The van der Waals surface area contributed by atoms with E-state index in [1.54, 1.807) is 0 Å². The van der Waals surface area contributed by atoms with E-state index in [1.165, 1.54) is 42.7 Å². The predicted molar refractivity (Wildman–Crippen MR) is 169 cm³/mol. The van der Waals surface area contributed by atoms with Crippen LogP contribution in [0.3, 0.4) is 0 Å². The molecule has 6 nitrogen and oxygen atoms in total. The Kier molecular flexibility index (Phi) is 14.3. The van der Waals surface area contributed by atoms with Crippen molar-refractivity contribution in [3.8, 4) is 0 Å². The van der Waals surface area contributed by atoms with Crippen LogP contribution >= 0.6 is 24.8 Å². The molecule has 1 fully saturated rings. The lowest BCUT2D eigenvalue weighted by Gasteiger charge is -2.31. The summed E-state index contributed by atoms with van der Waals surface area (Å²) in [6.45, 7) is 5.69. The number of piperidine rings is 1. The van der Waals surface area contributed by atoms with Crippen LogP contribution < -0.4 is 10.6 Å². The number of aryl methyl sites for hydroxylation is 2. The first-order chi connectivity index (χ1) is 19.0. The summed E-state index contributed by atoms with van der Waals surface area (Å²) in [4.78, 5) is 14.9. The number of nitrogens with one attached hydrogen (secondary N) is 2. The molecule has 0 bridgehead atoms. The van der Waals surface area contributed by atoms with Crippen LogP contribution in [-0.4, -0.2) is 43.1 Å². The minimum absolute atomic E-state index is 0. The standard InChI is InChI=1S/C30H32FN3O2.C2H7N.2ClH/c1-21-25(19-32-30(35)24-8-11-26(31)12-9-24)10-13-27-28(33-36-29(21)27)14-7-22-15-17-34(18-16-22)20-23-5-3-2-4-6-23;1-3-2;;/h2-6,8-13,22H,7,14-20H2,1H3,(H,32,35);3H,1-2H3;2*1H. The smallest absolute Gasteiger partial charge is 0.251 e. The third-order valence-corrected chi connectivity index (χ3v) is 7.37. The van der Waals surface area contributed by atoms with Crippen LogP contribution in [0.25, 0.3) is 11.0 Å².